The Bertz CT molecular complexity index is 2110. The van der Waals surface area contributed by atoms with Crippen molar-refractivity contribution in [2.75, 3.05) is 75.4 Å². The maximum absolute atomic E-state index is 14.9. The first-order chi connectivity index (χ1) is 29.0. The van der Waals surface area contributed by atoms with Gasteiger partial charge in [-0.3, -0.25) is 9.80 Å². The van der Waals surface area contributed by atoms with Gasteiger partial charge in [-0.05, 0) is 139 Å². The number of allylic oxidation sites excluding steroid dienone is 3. The van der Waals surface area contributed by atoms with Crippen molar-refractivity contribution >= 4 is 37.2 Å². The number of fused-ring (bicyclic) bond motifs is 7. The van der Waals surface area contributed by atoms with Crippen LogP contribution in [0.15, 0.2) is 42.5 Å². The van der Waals surface area contributed by atoms with Gasteiger partial charge in [-0.1, -0.05) is 65.0 Å². The molecule has 2 aliphatic heterocycles. The number of nitrogens with zero attached hydrogens (tertiary/aromatic N) is 3. The van der Waals surface area contributed by atoms with Crippen LogP contribution in [0.25, 0.3) is 5.57 Å². The Morgan fingerprint density at radius 1 is 0.774 bits per heavy atom. The van der Waals surface area contributed by atoms with Gasteiger partial charge in [0.1, 0.15) is 0 Å². The summed E-state index contributed by atoms with van der Waals surface area (Å²) >= 11 is 0. The van der Waals surface area contributed by atoms with Gasteiger partial charge in [0, 0.05) is 57.9 Å². The van der Waals surface area contributed by atoms with Crippen LogP contribution < -0.4 is 5.32 Å². The summed E-state index contributed by atoms with van der Waals surface area (Å²) in [6.45, 7) is 23.6. The van der Waals surface area contributed by atoms with Crippen LogP contribution in [0.3, 0.4) is 0 Å². The number of carboxylic acid groups (broad SMARTS) is 1. The Morgan fingerprint density at radius 2 is 1.35 bits per heavy atom. The number of sulfone groups is 2. The second kappa shape index (κ2) is 16.3. The van der Waals surface area contributed by atoms with Gasteiger partial charge >= 0.3 is 12.0 Å². The van der Waals surface area contributed by atoms with Gasteiger partial charge in [0.2, 0.25) is 0 Å². The minimum absolute atomic E-state index is 0.0484. The summed E-state index contributed by atoms with van der Waals surface area (Å²) in [4.78, 5) is 32.8. The van der Waals surface area contributed by atoms with Gasteiger partial charge in [-0.2, -0.15) is 0 Å². The van der Waals surface area contributed by atoms with E-state index in [1.54, 1.807) is 12.1 Å². The van der Waals surface area contributed by atoms with Crippen molar-refractivity contribution in [1.82, 2.24) is 20.0 Å². The lowest BCUT2D eigenvalue weighted by Crippen LogP contribution is -2.69. The number of aromatic carboxylic acids is 1. The van der Waals surface area contributed by atoms with Crippen molar-refractivity contribution in [2.45, 2.75) is 105 Å². The molecule has 1 aromatic rings. The monoisotopic (exact) mass is 894 g/mol. The summed E-state index contributed by atoms with van der Waals surface area (Å²) in [6, 6.07) is 7.43. The highest BCUT2D eigenvalue weighted by molar-refractivity contribution is 7.91. The highest BCUT2D eigenvalue weighted by Crippen LogP contribution is 2.76. The molecule has 2 N–H and O–H groups in total. The minimum Gasteiger partial charge on any atom is -0.478 e. The summed E-state index contributed by atoms with van der Waals surface area (Å²) in [6.07, 6.45) is 12.1. The largest absolute Gasteiger partial charge is 0.478 e. The molecule has 13 heteroatoms. The standard InChI is InChI=1S/C49H74N4O7S2/c1-34(2)37-14-19-49(50-44(56)53(24-22-51-26-30-61(57,58)31-27-51)25-23-52-28-32-62(59,60)33-29-52)21-20-47(6)39(42(37)49)12-13-41-46(5)17-15-38(35-8-10-36(11-9-35)43(54)55)45(3,4)40(46)16-18-48(41,47)7/h8-11,15,37,39-42H,1,12-14,16-33H2,2-7H3,(H,50,56)(H,54,55)/t37-,39+,40-,41+,42+,46-,47+,48+,49-/m0/s1. The van der Waals surface area contributed by atoms with Crippen LogP contribution in [0.5, 0.6) is 0 Å². The lowest BCUT2D eigenvalue weighted by Gasteiger charge is -2.72. The third-order valence-electron chi connectivity index (χ3n) is 19.0. The first-order valence-electron chi connectivity index (χ1n) is 23.7. The molecule has 0 spiro atoms. The molecule has 1 aromatic carbocycles. The molecule has 2 heterocycles. The number of rotatable bonds is 10. The summed E-state index contributed by atoms with van der Waals surface area (Å²) in [5, 5.41) is 13.3. The first kappa shape index (κ1) is 45.8. The maximum atomic E-state index is 14.9. The number of carbonyl (C=O) groups is 2. The molecule has 62 heavy (non-hydrogen) atoms. The minimum atomic E-state index is -3.02. The van der Waals surface area contributed by atoms with Crippen LogP contribution in [-0.2, 0) is 19.7 Å². The van der Waals surface area contributed by atoms with Crippen LogP contribution in [0.2, 0.25) is 0 Å². The van der Waals surface area contributed by atoms with Crippen LogP contribution in [0.4, 0.5) is 4.79 Å². The molecule has 8 rings (SSSR count). The van der Waals surface area contributed by atoms with Gasteiger partial charge in [-0.25, -0.2) is 26.4 Å². The molecular weight excluding hydrogens is 821 g/mol. The van der Waals surface area contributed by atoms with Gasteiger partial charge in [-0.15, -0.1) is 0 Å². The summed E-state index contributed by atoms with van der Waals surface area (Å²) in [5.41, 5.74) is 3.94. The van der Waals surface area contributed by atoms with E-state index in [4.69, 9.17) is 0 Å². The second-order valence-electron chi connectivity index (χ2n) is 22.2. The van der Waals surface area contributed by atoms with E-state index in [0.717, 1.165) is 50.5 Å². The highest BCUT2D eigenvalue weighted by atomic mass is 32.2. The normalized spacial score (nSPS) is 38.6. The molecule has 344 valence electrons. The fraction of sp³-hybridized carbons (Fsp3) is 0.755. The van der Waals surface area contributed by atoms with E-state index in [0.29, 0.717) is 81.6 Å². The van der Waals surface area contributed by atoms with Crippen molar-refractivity contribution in [3.8, 4) is 0 Å². The predicted octanol–water partition coefficient (Wildman–Crippen LogP) is 7.26. The Labute approximate surface area is 372 Å². The molecule has 0 radical (unpaired) electrons. The fourth-order valence-electron chi connectivity index (χ4n) is 15.3. The topological polar surface area (TPSA) is 144 Å². The number of hydrogen-bond acceptors (Lipinski definition) is 8. The van der Waals surface area contributed by atoms with Gasteiger partial charge in [0.05, 0.1) is 28.6 Å². The van der Waals surface area contributed by atoms with E-state index < -0.39 is 25.6 Å². The number of carboxylic acids is 1. The molecule has 2 saturated heterocycles. The maximum Gasteiger partial charge on any atom is 0.335 e. The van der Waals surface area contributed by atoms with Gasteiger partial charge in [0.15, 0.2) is 19.7 Å². The van der Waals surface area contributed by atoms with E-state index in [-0.39, 0.29) is 62.2 Å². The predicted molar refractivity (Wildman–Crippen MR) is 246 cm³/mol. The lowest BCUT2D eigenvalue weighted by atomic mass is 9.33. The van der Waals surface area contributed by atoms with Crippen LogP contribution in [-0.4, -0.2) is 130 Å². The molecule has 0 aromatic heterocycles. The first-order valence-corrected chi connectivity index (χ1v) is 27.3. The van der Waals surface area contributed by atoms with E-state index >= 15 is 0 Å². The van der Waals surface area contributed by atoms with Gasteiger partial charge in [0.25, 0.3) is 0 Å². The Hall–Kier alpha value is -2.74. The van der Waals surface area contributed by atoms with Crippen molar-refractivity contribution in [1.29, 1.82) is 0 Å². The molecule has 0 unspecified atom stereocenters. The molecule has 11 nitrogen and oxygen atoms in total. The summed E-state index contributed by atoms with van der Waals surface area (Å²) in [7, 11) is -6.04. The van der Waals surface area contributed by atoms with Crippen LogP contribution in [0.1, 0.15) is 115 Å². The number of nitrogens with one attached hydrogen (secondary N) is 1. The fourth-order valence-corrected chi connectivity index (χ4v) is 17.9. The molecule has 7 aliphatic rings. The Balaban J connectivity index is 1.04. The zero-order chi connectivity index (χ0) is 44.7. The molecule has 4 saturated carbocycles. The second-order valence-corrected chi connectivity index (χ2v) is 26.8. The van der Waals surface area contributed by atoms with E-state index in [9.17, 15) is 31.5 Å². The quantitative estimate of drug-likeness (QED) is 0.232. The molecular formula is C49H74N4O7S2. The van der Waals surface area contributed by atoms with E-state index in [2.05, 4.69) is 69.3 Å². The highest BCUT2D eigenvalue weighted by Gasteiger charge is 2.70. The summed E-state index contributed by atoms with van der Waals surface area (Å²) in [5.74, 6) is 1.80. The van der Waals surface area contributed by atoms with Gasteiger partial charge < -0.3 is 15.3 Å². The van der Waals surface area contributed by atoms with E-state index in [1.165, 1.54) is 24.0 Å². The average molecular weight is 895 g/mol. The van der Waals surface area contributed by atoms with Crippen molar-refractivity contribution in [2.24, 2.45) is 51.2 Å². The van der Waals surface area contributed by atoms with Crippen molar-refractivity contribution < 1.29 is 31.5 Å². The number of hydrogen-bond donors (Lipinski definition) is 2. The molecule has 6 fully saturated rings. The Morgan fingerprint density at radius 3 is 1.90 bits per heavy atom. The third kappa shape index (κ3) is 7.92. The van der Waals surface area contributed by atoms with Crippen molar-refractivity contribution in [3.63, 3.8) is 0 Å². The lowest BCUT2D eigenvalue weighted by molar-refractivity contribution is -0.218. The zero-order valence-electron chi connectivity index (χ0n) is 38.4. The number of urea groups is 1. The van der Waals surface area contributed by atoms with Crippen LogP contribution >= 0.6 is 0 Å². The number of carbonyl (C=O) groups excluding carboxylic acids is 1. The number of amides is 2. The molecule has 2 amide bonds. The zero-order valence-corrected chi connectivity index (χ0v) is 40.0. The molecule has 5 aliphatic carbocycles. The third-order valence-corrected chi connectivity index (χ3v) is 22.2. The molecule has 9 atom stereocenters. The van der Waals surface area contributed by atoms with Crippen molar-refractivity contribution in [3.05, 3.63) is 53.6 Å². The summed E-state index contributed by atoms with van der Waals surface area (Å²) < 4.78 is 48.8. The van der Waals surface area contributed by atoms with E-state index in [1.807, 2.05) is 17.0 Å². The number of benzene rings is 1. The smallest absolute Gasteiger partial charge is 0.335 e. The SMILES string of the molecule is C=C(C)[C@@H]1CC[C@]2(NC(=O)N(CCN3CCS(=O)(=O)CC3)CCN3CCS(=O)(=O)CC3)CC[C@]3(C)[C@H](CC[C@@H]4[C@@]5(C)CC=C(c6ccc(C(=O)O)cc6)C(C)(C)[C@@H]5CC[C@]43C)[C@@H]12. The Kier molecular flexibility index (Phi) is 12.0. The molecule has 0 bridgehead atoms. The van der Waals surface area contributed by atoms with Crippen LogP contribution in [0, 0.1) is 51.2 Å². The average Bonchev–Trinajstić information content (AvgIpc) is 3.58.